The lowest BCUT2D eigenvalue weighted by molar-refractivity contribution is -0.122. The third kappa shape index (κ3) is 4.63. The predicted octanol–water partition coefficient (Wildman–Crippen LogP) is 2.63. The van der Waals surface area contributed by atoms with Crippen molar-refractivity contribution in [2.75, 3.05) is 6.54 Å². The molecule has 106 valence electrons. The van der Waals surface area contributed by atoms with Crippen LogP contribution in [0, 0.1) is 0 Å². The van der Waals surface area contributed by atoms with Crippen LogP contribution in [0.25, 0.3) is 0 Å². The van der Waals surface area contributed by atoms with E-state index >= 15 is 0 Å². The van der Waals surface area contributed by atoms with Crippen molar-refractivity contribution in [1.82, 2.24) is 5.32 Å². The van der Waals surface area contributed by atoms with Gasteiger partial charge in [0, 0.05) is 11.4 Å². The molecule has 2 aromatic rings. The number of carbonyl (C=O) groups is 1. The van der Waals surface area contributed by atoms with E-state index in [9.17, 15) is 4.79 Å². The van der Waals surface area contributed by atoms with Gasteiger partial charge in [-0.3, -0.25) is 4.79 Å². The van der Waals surface area contributed by atoms with Crippen LogP contribution < -0.4 is 11.1 Å². The second-order valence-corrected chi connectivity index (χ2v) is 6.34. The van der Waals surface area contributed by atoms with E-state index in [2.05, 4.69) is 5.32 Å². The summed E-state index contributed by atoms with van der Waals surface area (Å²) in [7, 11) is 0. The van der Waals surface area contributed by atoms with E-state index in [-0.39, 0.29) is 5.91 Å². The largest absolute Gasteiger partial charge is 0.354 e. The lowest BCUT2D eigenvalue weighted by Crippen LogP contribution is -2.42. The summed E-state index contributed by atoms with van der Waals surface area (Å²) in [5.41, 5.74) is 6.97. The molecule has 0 aliphatic carbocycles. The molecule has 0 radical (unpaired) electrons. The average molecular weight is 309 g/mol. The standard InChI is InChI=1S/C15H17ClN2OS/c16-14-7-6-12(20-14)8-9-18-15(19)13(17)10-11-4-2-1-3-5-11/h1-7,13H,8-10,17H2,(H,18,19). The molecule has 0 aliphatic rings. The zero-order valence-corrected chi connectivity index (χ0v) is 12.6. The minimum atomic E-state index is -0.510. The van der Waals surface area contributed by atoms with Crippen LogP contribution in [-0.2, 0) is 17.6 Å². The first kappa shape index (κ1) is 15.0. The molecule has 0 saturated heterocycles. The van der Waals surface area contributed by atoms with Gasteiger partial charge in [0.1, 0.15) is 0 Å². The number of carbonyl (C=O) groups excluding carboxylic acids is 1. The minimum Gasteiger partial charge on any atom is -0.354 e. The summed E-state index contributed by atoms with van der Waals surface area (Å²) in [6, 6.07) is 13.1. The molecule has 1 aromatic heterocycles. The summed E-state index contributed by atoms with van der Waals surface area (Å²) < 4.78 is 0.770. The van der Waals surface area contributed by atoms with Crippen molar-refractivity contribution in [2.24, 2.45) is 5.73 Å². The summed E-state index contributed by atoms with van der Waals surface area (Å²) in [4.78, 5) is 13.0. The van der Waals surface area contributed by atoms with Gasteiger partial charge in [0.2, 0.25) is 5.91 Å². The number of nitrogens with two attached hydrogens (primary N) is 1. The Bertz CT molecular complexity index is 556. The van der Waals surface area contributed by atoms with Crippen LogP contribution in [-0.4, -0.2) is 18.5 Å². The van der Waals surface area contributed by atoms with Crippen molar-refractivity contribution in [3.8, 4) is 0 Å². The highest BCUT2D eigenvalue weighted by molar-refractivity contribution is 7.16. The van der Waals surface area contributed by atoms with Crippen molar-refractivity contribution in [3.63, 3.8) is 0 Å². The fourth-order valence-corrected chi connectivity index (χ4v) is 2.97. The van der Waals surface area contributed by atoms with Crippen LogP contribution in [0.2, 0.25) is 4.34 Å². The van der Waals surface area contributed by atoms with Gasteiger partial charge in [0.15, 0.2) is 0 Å². The van der Waals surface area contributed by atoms with E-state index in [1.807, 2.05) is 42.5 Å². The van der Waals surface area contributed by atoms with Gasteiger partial charge in [0.05, 0.1) is 10.4 Å². The monoisotopic (exact) mass is 308 g/mol. The lowest BCUT2D eigenvalue weighted by atomic mass is 10.1. The van der Waals surface area contributed by atoms with Crippen LogP contribution in [0.3, 0.4) is 0 Å². The number of hydrogen-bond donors (Lipinski definition) is 2. The third-order valence-corrected chi connectivity index (χ3v) is 4.23. The van der Waals surface area contributed by atoms with Gasteiger partial charge in [-0.2, -0.15) is 0 Å². The van der Waals surface area contributed by atoms with Gasteiger partial charge < -0.3 is 11.1 Å². The first-order valence-electron chi connectivity index (χ1n) is 6.46. The minimum absolute atomic E-state index is 0.114. The maximum Gasteiger partial charge on any atom is 0.237 e. The van der Waals surface area contributed by atoms with Crippen LogP contribution in [0.4, 0.5) is 0 Å². The van der Waals surface area contributed by atoms with Gasteiger partial charge in [0.25, 0.3) is 0 Å². The molecule has 1 unspecified atom stereocenters. The van der Waals surface area contributed by atoms with Crippen molar-refractivity contribution in [2.45, 2.75) is 18.9 Å². The van der Waals surface area contributed by atoms with Gasteiger partial charge in [-0.05, 0) is 30.5 Å². The Labute approximate surface area is 127 Å². The molecule has 0 bridgehead atoms. The van der Waals surface area contributed by atoms with Crippen LogP contribution >= 0.6 is 22.9 Å². The fraction of sp³-hybridized carbons (Fsp3) is 0.267. The second-order valence-electron chi connectivity index (χ2n) is 4.54. The summed E-state index contributed by atoms with van der Waals surface area (Å²) in [5, 5.41) is 2.86. The highest BCUT2D eigenvalue weighted by Crippen LogP contribution is 2.21. The molecule has 5 heteroatoms. The maximum atomic E-state index is 11.9. The highest BCUT2D eigenvalue weighted by atomic mass is 35.5. The predicted molar refractivity (Wildman–Crippen MR) is 84.2 cm³/mol. The quantitative estimate of drug-likeness (QED) is 0.862. The van der Waals surface area contributed by atoms with Crippen LogP contribution in [0.5, 0.6) is 0 Å². The molecule has 2 rings (SSSR count). The second kappa shape index (κ2) is 7.43. The Morgan fingerprint density at radius 1 is 1.25 bits per heavy atom. The topological polar surface area (TPSA) is 55.1 Å². The Hall–Kier alpha value is -1.36. The molecular weight excluding hydrogens is 292 g/mol. The molecule has 1 atom stereocenters. The van der Waals surface area contributed by atoms with E-state index in [4.69, 9.17) is 17.3 Å². The van der Waals surface area contributed by atoms with Crippen molar-refractivity contribution in [3.05, 3.63) is 57.2 Å². The molecule has 3 N–H and O–H groups in total. The Morgan fingerprint density at radius 2 is 2.00 bits per heavy atom. The van der Waals surface area contributed by atoms with Gasteiger partial charge in [-0.25, -0.2) is 0 Å². The normalized spacial score (nSPS) is 12.1. The molecule has 20 heavy (non-hydrogen) atoms. The molecule has 0 aliphatic heterocycles. The average Bonchev–Trinajstić information content (AvgIpc) is 2.85. The summed E-state index contributed by atoms with van der Waals surface area (Å²) >= 11 is 7.39. The van der Waals surface area contributed by atoms with Gasteiger partial charge in [-0.1, -0.05) is 41.9 Å². The number of thiophene rings is 1. The smallest absolute Gasteiger partial charge is 0.237 e. The van der Waals surface area contributed by atoms with Crippen molar-refractivity contribution >= 4 is 28.8 Å². The summed E-state index contributed by atoms with van der Waals surface area (Å²) in [6.45, 7) is 0.582. The third-order valence-electron chi connectivity index (χ3n) is 2.93. The number of halogens is 1. The van der Waals surface area contributed by atoms with Crippen molar-refractivity contribution < 1.29 is 4.79 Å². The first-order valence-corrected chi connectivity index (χ1v) is 7.66. The summed E-state index contributed by atoms with van der Waals surface area (Å²) in [5.74, 6) is -0.114. The number of rotatable bonds is 6. The zero-order chi connectivity index (χ0) is 14.4. The highest BCUT2D eigenvalue weighted by Gasteiger charge is 2.13. The van der Waals surface area contributed by atoms with Gasteiger partial charge in [-0.15, -0.1) is 11.3 Å². The first-order chi connectivity index (χ1) is 9.65. The van der Waals surface area contributed by atoms with Gasteiger partial charge >= 0.3 is 0 Å². The van der Waals surface area contributed by atoms with E-state index < -0.39 is 6.04 Å². The van der Waals surface area contributed by atoms with E-state index in [1.165, 1.54) is 11.3 Å². The number of benzene rings is 1. The zero-order valence-electron chi connectivity index (χ0n) is 11.0. The van der Waals surface area contributed by atoms with E-state index in [0.29, 0.717) is 13.0 Å². The molecule has 3 nitrogen and oxygen atoms in total. The SMILES string of the molecule is NC(Cc1ccccc1)C(=O)NCCc1ccc(Cl)s1. The molecule has 1 heterocycles. The van der Waals surface area contributed by atoms with Crippen LogP contribution in [0.1, 0.15) is 10.4 Å². The lowest BCUT2D eigenvalue weighted by Gasteiger charge is -2.12. The Kier molecular flexibility index (Phi) is 5.59. The molecule has 0 saturated carbocycles. The number of nitrogens with one attached hydrogen (secondary N) is 1. The van der Waals surface area contributed by atoms with E-state index in [0.717, 1.165) is 21.2 Å². The maximum absolute atomic E-state index is 11.9. The molecule has 0 spiro atoms. The van der Waals surface area contributed by atoms with Crippen molar-refractivity contribution in [1.29, 1.82) is 0 Å². The fourth-order valence-electron chi connectivity index (χ4n) is 1.89. The summed E-state index contributed by atoms with van der Waals surface area (Å²) in [6.07, 6.45) is 1.33. The molecular formula is C15H17ClN2OS. The molecule has 0 fully saturated rings. The Balaban J connectivity index is 1.74. The number of amides is 1. The molecule has 1 aromatic carbocycles. The molecule has 1 amide bonds. The Morgan fingerprint density at radius 3 is 2.65 bits per heavy atom. The number of hydrogen-bond acceptors (Lipinski definition) is 3. The van der Waals surface area contributed by atoms with Crippen LogP contribution in [0.15, 0.2) is 42.5 Å². The van der Waals surface area contributed by atoms with E-state index in [1.54, 1.807) is 0 Å².